The van der Waals surface area contributed by atoms with Gasteiger partial charge in [0.2, 0.25) is 17.7 Å². The van der Waals surface area contributed by atoms with E-state index in [0.717, 1.165) is 0 Å². The number of carboxylic acids is 1. The maximum atomic E-state index is 13.1. The highest BCUT2D eigenvalue weighted by molar-refractivity contribution is 7.82. The molecule has 0 aliphatic heterocycles. The lowest BCUT2D eigenvalue weighted by Gasteiger charge is -2.30. The number of rotatable bonds is 12. The van der Waals surface area contributed by atoms with Gasteiger partial charge in [0.15, 0.2) is 0 Å². The van der Waals surface area contributed by atoms with Crippen molar-refractivity contribution in [2.45, 2.75) is 88.1 Å². The van der Waals surface area contributed by atoms with Gasteiger partial charge in [-0.25, -0.2) is 9.59 Å². The smallest absolute Gasteiger partial charge is 0.408 e. The topological polar surface area (TPSA) is 163 Å². The van der Waals surface area contributed by atoms with Crippen LogP contribution in [0.15, 0.2) is 24.3 Å². The third kappa shape index (κ3) is 12.7. The van der Waals surface area contributed by atoms with Crippen LogP contribution in [0.25, 0.3) is 0 Å². The Morgan fingerprint density at radius 3 is 1.82 bits per heavy atom. The maximum Gasteiger partial charge on any atom is 0.408 e. The Bertz CT molecular complexity index is 1080. The van der Waals surface area contributed by atoms with E-state index >= 15 is 0 Å². The van der Waals surface area contributed by atoms with E-state index in [9.17, 15) is 29.1 Å². The molecule has 40 heavy (non-hydrogen) atoms. The average molecular weight is 619 g/mol. The largest absolute Gasteiger partial charge is 0.480 e. The molecule has 1 aromatic carbocycles. The van der Waals surface area contributed by atoms with E-state index in [1.54, 1.807) is 58.9 Å². The molecule has 0 aliphatic rings. The van der Waals surface area contributed by atoms with E-state index < -0.39 is 69.5 Å². The van der Waals surface area contributed by atoms with Crippen LogP contribution in [-0.2, 0) is 30.3 Å². The summed E-state index contributed by atoms with van der Waals surface area (Å²) >= 11 is 14.6. The fraction of sp³-hybridized carbons (Fsp3) is 0.577. The number of carbonyl (C=O) groups excluding carboxylic acids is 4. The molecule has 14 heteroatoms. The van der Waals surface area contributed by atoms with Crippen molar-refractivity contribution in [2.75, 3.05) is 6.54 Å². The molecule has 1 unspecified atom stereocenters. The monoisotopic (exact) mass is 618 g/mol. The minimum absolute atomic E-state index is 0.00846. The van der Waals surface area contributed by atoms with Crippen LogP contribution in [-0.4, -0.2) is 74.7 Å². The van der Waals surface area contributed by atoms with Crippen LogP contribution in [0.4, 0.5) is 4.79 Å². The predicted molar refractivity (Wildman–Crippen MR) is 159 cm³/mol. The number of nitrogens with one attached hydrogen (secondary N) is 4. The Balaban J connectivity index is 3.02. The molecule has 0 bridgehead atoms. The fourth-order valence-electron chi connectivity index (χ4n) is 3.35. The number of ether oxygens (including phenoxy) is 1. The second-order valence-electron chi connectivity index (χ2n) is 11.3. The third-order valence-corrected chi connectivity index (χ3v) is 6.07. The molecule has 0 radical (unpaired) electrons. The first-order valence-corrected chi connectivity index (χ1v) is 13.7. The lowest BCUT2D eigenvalue weighted by molar-refractivity contribution is -0.143. The van der Waals surface area contributed by atoms with Crippen molar-refractivity contribution >= 4 is 66.6 Å². The lowest BCUT2D eigenvalue weighted by Crippen LogP contribution is -2.59. The summed E-state index contributed by atoms with van der Waals surface area (Å²) in [5.74, 6) is -3.49. The Morgan fingerprint density at radius 2 is 1.38 bits per heavy atom. The molecule has 4 amide bonds. The average Bonchev–Trinajstić information content (AvgIpc) is 2.77. The third-order valence-electron chi connectivity index (χ3n) is 5.30. The number of carbonyl (C=O) groups is 5. The number of thiol groups is 2. The quantitative estimate of drug-likeness (QED) is 0.177. The SMILES string of the molecule is CC(C)(C)OC(=O)N[C@@H](C(=O)NCC(=O)NC(Cc1ccc(Cl)cc1)C(=O)N[C@@H](C(=O)O)C(C)(C)S)C(C)(C)S. The van der Waals surface area contributed by atoms with Gasteiger partial charge in [-0.2, -0.15) is 25.3 Å². The summed E-state index contributed by atoms with van der Waals surface area (Å²) in [6, 6.07) is 2.83. The van der Waals surface area contributed by atoms with Crippen LogP contribution >= 0.6 is 36.9 Å². The minimum atomic E-state index is -1.36. The summed E-state index contributed by atoms with van der Waals surface area (Å²) in [5.41, 5.74) is -0.155. The first-order chi connectivity index (χ1) is 18.1. The van der Waals surface area contributed by atoms with Crippen LogP contribution in [0.2, 0.25) is 5.02 Å². The molecular formula is C26H39ClN4O7S2. The first-order valence-electron chi connectivity index (χ1n) is 12.4. The Hall–Kier alpha value is -2.64. The maximum absolute atomic E-state index is 13.1. The summed E-state index contributed by atoms with van der Waals surface area (Å²) in [4.78, 5) is 62.8. The molecule has 224 valence electrons. The van der Waals surface area contributed by atoms with Crippen LogP contribution in [0.1, 0.15) is 54.0 Å². The zero-order chi connectivity index (χ0) is 31.1. The van der Waals surface area contributed by atoms with Crippen molar-refractivity contribution in [1.29, 1.82) is 0 Å². The first kappa shape index (κ1) is 35.4. The zero-order valence-electron chi connectivity index (χ0n) is 23.6. The molecule has 0 aliphatic carbocycles. The summed E-state index contributed by atoms with van der Waals surface area (Å²) in [6.07, 6.45) is -0.826. The standard InChI is InChI=1S/C26H39ClN4O7S2/c1-24(2,3)38-23(37)31-18(25(4,5)39)21(34)28-13-17(32)29-16(12-14-8-10-15(27)11-9-14)20(33)30-19(22(35)36)26(6,7)40/h8-11,16,18-19,39-40H,12-13H2,1-7H3,(H,28,34)(H,29,32)(H,30,33)(H,31,37)(H,35,36)/t16?,18-,19-/m0/s1. The van der Waals surface area contributed by atoms with E-state index in [4.69, 9.17) is 16.3 Å². The molecule has 1 aromatic rings. The van der Waals surface area contributed by atoms with Gasteiger partial charge in [0.1, 0.15) is 23.7 Å². The molecule has 0 spiro atoms. The number of halogens is 1. The minimum Gasteiger partial charge on any atom is -0.480 e. The van der Waals surface area contributed by atoms with Crippen LogP contribution < -0.4 is 21.3 Å². The van der Waals surface area contributed by atoms with Gasteiger partial charge in [0, 0.05) is 20.9 Å². The molecule has 0 heterocycles. The molecular weight excluding hydrogens is 580 g/mol. The van der Waals surface area contributed by atoms with Gasteiger partial charge in [-0.05, 0) is 66.2 Å². The normalized spacial score (nSPS) is 14.2. The molecule has 0 saturated carbocycles. The molecule has 0 fully saturated rings. The summed E-state index contributed by atoms with van der Waals surface area (Å²) < 4.78 is 3.07. The van der Waals surface area contributed by atoms with Crippen molar-refractivity contribution in [3.05, 3.63) is 34.9 Å². The number of carboxylic acid groups (broad SMARTS) is 1. The van der Waals surface area contributed by atoms with Gasteiger partial charge < -0.3 is 31.1 Å². The number of amides is 4. The van der Waals surface area contributed by atoms with Gasteiger partial charge in [-0.3, -0.25) is 14.4 Å². The Labute approximate surface area is 250 Å². The van der Waals surface area contributed by atoms with Gasteiger partial charge >= 0.3 is 12.1 Å². The molecule has 0 aromatic heterocycles. The van der Waals surface area contributed by atoms with Crippen molar-refractivity contribution in [3.8, 4) is 0 Å². The predicted octanol–water partition coefficient (Wildman–Crippen LogP) is 2.36. The van der Waals surface area contributed by atoms with Crippen molar-refractivity contribution in [3.63, 3.8) is 0 Å². The fourth-order valence-corrected chi connectivity index (χ4v) is 3.83. The molecule has 11 nitrogen and oxygen atoms in total. The summed E-state index contributed by atoms with van der Waals surface area (Å²) in [5, 5.41) is 19.9. The van der Waals surface area contributed by atoms with E-state index in [0.29, 0.717) is 10.6 Å². The van der Waals surface area contributed by atoms with E-state index in [1.807, 2.05) is 0 Å². The Kier molecular flexibility index (Phi) is 12.7. The van der Waals surface area contributed by atoms with Gasteiger partial charge in [-0.1, -0.05) is 23.7 Å². The van der Waals surface area contributed by atoms with E-state index in [1.165, 1.54) is 13.8 Å². The van der Waals surface area contributed by atoms with Gasteiger partial charge in [-0.15, -0.1) is 0 Å². The number of hydrogen-bond acceptors (Lipinski definition) is 8. The highest BCUT2D eigenvalue weighted by atomic mass is 35.5. The van der Waals surface area contributed by atoms with Crippen LogP contribution in [0.3, 0.4) is 0 Å². The molecule has 5 N–H and O–H groups in total. The summed E-state index contributed by atoms with van der Waals surface area (Å²) in [7, 11) is 0. The van der Waals surface area contributed by atoms with E-state index in [-0.39, 0.29) is 6.42 Å². The second-order valence-corrected chi connectivity index (χ2v) is 14.1. The van der Waals surface area contributed by atoms with Gasteiger partial charge in [0.25, 0.3) is 0 Å². The zero-order valence-corrected chi connectivity index (χ0v) is 26.2. The van der Waals surface area contributed by atoms with Crippen LogP contribution in [0.5, 0.6) is 0 Å². The van der Waals surface area contributed by atoms with Crippen molar-refractivity contribution < 1.29 is 33.8 Å². The van der Waals surface area contributed by atoms with E-state index in [2.05, 4.69) is 46.5 Å². The highest BCUT2D eigenvalue weighted by Crippen LogP contribution is 2.20. The molecule has 1 rings (SSSR count). The number of alkyl carbamates (subject to hydrolysis) is 1. The lowest BCUT2D eigenvalue weighted by atomic mass is 10.0. The Morgan fingerprint density at radius 1 is 0.850 bits per heavy atom. The van der Waals surface area contributed by atoms with Crippen molar-refractivity contribution in [2.24, 2.45) is 0 Å². The molecule has 0 saturated heterocycles. The van der Waals surface area contributed by atoms with Gasteiger partial charge in [0.05, 0.1) is 6.54 Å². The van der Waals surface area contributed by atoms with Crippen LogP contribution in [0, 0.1) is 0 Å². The van der Waals surface area contributed by atoms with Crippen molar-refractivity contribution in [1.82, 2.24) is 21.3 Å². The second kappa shape index (κ2) is 14.3. The number of benzene rings is 1. The number of hydrogen-bond donors (Lipinski definition) is 7. The number of aliphatic carboxylic acids is 1. The summed E-state index contributed by atoms with van der Waals surface area (Å²) in [6.45, 7) is 10.7. The highest BCUT2D eigenvalue weighted by Gasteiger charge is 2.37. The molecule has 3 atom stereocenters.